The van der Waals surface area contributed by atoms with Gasteiger partial charge in [0.05, 0.1) is 24.6 Å². The highest BCUT2D eigenvalue weighted by atomic mass is 16.2. The Balaban J connectivity index is 1.30. The van der Waals surface area contributed by atoms with E-state index in [1.54, 1.807) is 24.8 Å². The summed E-state index contributed by atoms with van der Waals surface area (Å²) in [6.07, 6.45) is 11.7. The van der Waals surface area contributed by atoms with Gasteiger partial charge in [0, 0.05) is 57.5 Å². The van der Waals surface area contributed by atoms with Gasteiger partial charge in [0.25, 0.3) is 0 Å². The van der Waals surface area contributed by atoms with Crippen molar-refractivity contribution in [3.05, 3.63) is 60.6 Å². The van der Waals surface area contributed by atoms with Gasteiger partial charge in [0.15, 0.2) is 5.65 Å². The maximum Gasteiger partial charge on any atom is 0.317 e. The lowest BCUT2D eigenvalue weighted by Crippen LogP contribution is -2.41. The molecule has 1 aliphatic heterocycles. The van der Waals surface area contributed by atoms with E-state index in [9.17, 15) is 4.79 Å². The number of nitrogens with one attached hydrogen (secondary N) is 1. The average molecular weight is 365 g/mol. The predicted octanol–water partition coefficient (Wildman–Crippen LogP) is 1.54. The number of amides is 2. The average Bonchev–Trinajstić information content (AvgIpc) is 2.97. The van der Waals surface area contributed by atoms with Gasteiger partial charge >= 0.3 is 6.03 Å². The number of urea groups is 1. The van der Waals surface area contributed by atoms with Crippen molar-refractivity contribution in [2.75, 3.05) is 26.2 Å². The molecule has 4 heterocycles. The summed E-state index contributed by atoms with van der Waals surface area (Å²) >= 11 is 0. The zero-order valence-corrected chi connectivity index (χ0v) is 15.2. The molecule has 0 saturated carbocycles. The first-order valence-corrected chi connectivity index (χ1v) is 9.19. The summed E-state index contributed by atoms with van der Waals surface area (Å²) in [5, 5.41) is 3.02. The van der Waals surface area contributed by atoms with Crippen LogP contribution in [-0.2, 0) is 13.1 Å². The molecule has 4 rings (SSSR count). The predicted molar refractivity (Wildman–Crippen MR) is 101 cm³/mol. The summed E-state index contributed by atoms with van der Waals surface area (Å²) in [5.74, 6) is 0. The largest absolute Gasteiger partial charge is 0.332 e. The minimum Gasteiger partial charge on any atom is -0.332 e. The van der Waals surface area contributed by atoms with Crippen LogP contribution in [0.5, 0.6) is 0 Å². The lowest BCUT2D eigenvalue weighted by atomic mass is 10.2. The van der Waals surface area contributed by atoms with E-state index in [1.165, 1.54) is 5.56 Å². The third-order valence-corrected chi connectivity index (χ3v) is 4.82. The Labute approximate surface area is 157 Å². The molecule has 1 fully saturated rings. The fraction of sp³-hybridized carbons (Fsp3) is 0.368. The van der Waals surface area contributed by atoms with E-state index in [4.69, 9.17) is 0 Å². The van der Waals surface area contributed by atoms with Gasteiger partial charge in [-0.25, -0.2) is 9.78 Å². The molecule has 1 aliphatic rings. The first-order valence-electron chi connectivity index (χ1n) is 9.19. The van der Waals surface area contributed by atoms with E-state index in [-0.39, 0.29) is 6.03 Å². The quantitative estimate of drug-likeness (QED) is 0.759. The Bertz CT molecular complexity index is 895. The number of fused-ring (bicyclic) bond motifs is 1. The fourth-order valence-corrected chi connectivity index (χ4v) is 3.39. The smallest absolute Gasteiger partial charge is 0.317 e. The van der Waals surface area contributed by atoms with Crippen molar-refractivity contribution in [1.29, 1.82) is 0 Å². The Morgan fingerprint density at radius 1 is 1.07 bits per heavy atom. The third kappa shape index (κ3) is 4.22. The normalized spacial score (nSPS) is 15.6. The van der Waals surface area contributed by atoms with E-state index in [2.05, 4.69) is 31.2 Å². The molecular weight excluding hydrogens is 342 g/mol. The summed E-state index contributed by atoms with van der Waals surface area (Å²) in [4.78, 5) is 29.4. The van der Waals surface area contributed by atoms with Gasteiger partial charge in [-0.1, -0.05) is 6.07 Å². The molecule has 2 amide bonds. The highest BCUT2D eigenvalue weighted by Crippen LogP contribution is 2.09. The summed E-state index contributed by atoms with van der Waals surface area (Å²) < 4.78 is 1.94. The van der Waals surface area contributed by atoms with Crippen LogP contribution in [0.25, 0.3) is 5.65 Å². The van der Waals surface area contributed by atoms with Crippen LogP contribution in [0.2, 0.25) is 0 Å². The first-order chi connectivity index (χ1) is 13.3. The van der Waals surface area contributed by atoms with Gasteiger partial charge in [-0.15, -0.1) is 0 Å². The van der Waals surface area contributed by atoms with Crippen molar-refractivity contribution >= 4 is 11.7 Å². The van der Waals surface area contributed by atoms with Crippen LogP contribution in [0.3, 0.4) is 0 Å². The molecule has 0 atom stereocenters. The molecular formula is C19H23N7O. The van der Waals surface area contributed by atoms with Crippen molar-refractivity contribution < 1.29 is 4.79 Å². The minimum absolute atomic E-state index is 0.0257. The number of hydrogen-bond acceptors (Lipinski definition) is 5. The molecule has 3 aromatic rings. The van der Waals surface area contributed by atoms with Crippen molar-refractivity contribution in [2.45, 2.75) is 19.5 Å². The van der Waals surface area contributed by atoms with Gasteiger partial charge in [-0.05, 0) is 18.1 Å². The molecule has 0 bridgehead atoms. The highest BCUT2D eigenvalue weighted by Gasteiger charge is 2.19. The van der Waals surface area contributed by atoms with Crippen LogP contribution in [0.15, 0.2) is 49.3 Å². The number of imidazole rings is 1. The molecule has 1 N–H and O–H groups in total. The van der Waals surface area contributed by atoms with E-state index in [0.29, 0.717) is 6.54 Å². The van der Waals surface area contributed by atoms with Crippen LogP contribution in [0, 0.1) is 0 Å². The summed E-state index contributed by atoms with van der Waals surface area (Å²) in [6.45, 7) is 4.66. The molecule has 0 unspecified atom stereocenters. The summed E-state index contributed by atoms with van der Waals surface area (Å²) in [5.41, 5.74) is 2.92. The van der Waals surface area contributed by atoms with Crippen molar-refractivity contribution in [2.24, 2.45) is 0 Å². The third-order valence-electron chi connectivity index (χ3n) is 4.82. The fourth-order valence-electron chi connectivity index (χ4n) is 3.39. The molecule has 8 heteroatoms. The Morgan fingerprint density at radius 3 is 2.89 bits per heavy atom. The molecule has 0 aliphatic carbocycles. The number of hydrogen-bond donors (Lipinski definition) is 1. The molecule has 0 aromatic carbocycles. The molecule has 0 spiro atoms. The van der Waals surface area contributed by atoms with E-state index >= 15 is 0 Å². The Hall–Kier alpha value is -3.00. The van der Waals surface area contributed by atoms with Gasteiger partial charge in [0.1, 0.15) is 0 Å². The molecule has 8 nitrogen and oxygen atoms in total. The Kier molecular flexibility index (Phi) is 5.24. The Morgan fingerprint density at radius 2 is 2.00 bits per heavy atom. The van der Waals surface area contributed by atoms with Gasteiger partial charge in [0.2, 0.25) is 0 Å². The molecule has 3 aromatic heterocycles. The molecule has 0 radical (unpaired) electrons. The highest BCUT2D eigenvalue weighted by molar-refractivity contribution is 5.74. The maximum atomic E-state index is 12.6. The van der Waals surface area contributed by atoms with Crippen LogP contribution in [-0.4, -0.2) is 61.4 Å². The second-order valence-electron chi connectivity index (χ2n) is 6.69. The van der Waals surface area contributed by atoms with Gasteiger partial charge < -0.3 is 10.2 Å². The molecule has 140 valence electrons. The number of pyridine rings is 1. The second kappa shape index (κ2) is 8.13. The lowest BCUT2D eigenvalue weighted by molar-refractivity contribution is 0.197. The van der Waals surface area contributed by atoms with Crippen molar-refractivity contribution in [1.82, 2.24) is 34.5 Å². The topological polar surface area (TPSA) is 78.7 Å². The number of aromatic nitrogens is 4. The maximum absolute atomic E-state index is 12.6. The van der Waals surface area contributed by atoms with Gasteiger partial charge in [-0.2, -0.15) is 0 Å². The van der Waals surface area contributed by atoms with Crippen LogP contribution < -0.4 is 5.32 Å². The van der Waals surface area contributed by atoms with Crippen molar-refractivity contribution in [3.63, 3.8) is 0 Å². The standard InChI is InChI=1S/C19H23N7O/c27-19(23-13-17-12-22-18-14-21-5-8-26(17)18)25-7-2-6-24(9-10-25)15-16-3-1-4-20-11-16/h1,3-5,8,11-12,14H,2,6-7,9-10,13,15H2,(H,23,27). The lowest BCUT2D eigenvalue weighted by Gasteiger charge is -2.22. The van der Waals surface area contributed by atoms with E-state index in [1.807, 2.05) is 27.8 Å². The molecule has 1 saturated heterocycles. The monoisotopic (exact) mass is 365 g/mol. The zero-order valence-electron chi connectivity index (χ0n) is 15.2. The van der Waals surface area contributed by atoms with Crippen LogP contribution in [0.4, 0.5) is 4.79 Å². The van der Waals surface area contributed by atoms with Crippen LogP contribution in [0.1, 0.15) is 17.7 Å². The molecule has 27 heavy (non-hydrogen) atoms. The number of carbonyl (C=O) groups excluding carboxylic acids is 1. The van der Waals surface area contributed by atoms with Crippen LogP contribution >= 0.6 is 0 Å². The first kappa shape index (κ1) is 17.4. The second-order valence-corrected chi connectivity index (χ2v) is 6.69. The van der Waals surface area contributed by atoms with E-state index < -0.39 is 0 Å². The minimum atomic E-state index is -0.0257. The summed E-state index contributed by atoms with van der Waals surface area (Å²) in [7, 11) is 0. The number of nitrogens with zero attached hydrogens (tertiary/aromatic N) is 6. The number of carbonyl (C=O) groups is 1. The van der Waals surface area contributed by atoms with Gasteiger partial charge in [-0.3, -0.25) is 19.3 Å². The van der Waals surface area contributed by atoms with Crippen molar-refractivity contribution in [3.8, 4) is 0 Å². The zero-order chi connectivity index (χ0) is 18.5. The number of rotatable bonds is 4. The SMILES string of the molecule is O=C(NCc1cnc2cnccn12)N1CCCN(Cc2cccnc2)CC1. The summed E-state index contributed by atoms with van der Waals surface area (Å²) in [6, 6.07) is 4.03. The van der Waals surface area contributed by atoms with E-state index in [0.717, 1.165) is 50.5 Å².